The monoisotopic (exact) mass is 505 g/mol. The SMILES string of the molecule is C#CC(c1ccccc1)N1C[C@H]2N(C(=O)CN(C)N2C(=O)NCc2ccc(F)cc2)[C@@H](CC(C)C)C1=O. The maximum absolute atomic E-state index is 13.8. The number of amides is 4. The van der Waals surface area contributed by atoms with Gasteiger partial charge in [-0.05, 0) is 35.6 Å². The molecular formula is C28H32FN5O3. The Labute approximate surface area is 217 Å². The van der Waals surface area contributed by atoms with Gasteiger partial charge in [-0.25, -0.2) is 19.2 Å². The first-order chi connectivity index (χ1) is 17.7. The van der Waals surface area contributed by atoms with Gasteiger partial charge in [0.25, 0.3) is 0 Å². The topological polar surface area (TPSA) is 76.2 Å². The molecule has 2 saturated heterocycles. The third-order valence-electron chi connectivity index (χ3n) is 6.73. The van der Waals surface area contributed by atoms with Crippen molar-refractivity contribution in [2.45, 2.75) is 45.1 Å². The average Bonchev–Trinajstić information content (AvgIpc) is 2.86. The Kier molecular flexibility index (Phi) is 7.79. The van der Waals surface area contributed by atoms with Crippen LogP contribution in [0, 0.1) is 24.1 Å². The van der Waals surface area contributed by atoms with E-state index >= 15 is 0 Å². The van der Waals surface area contributed by atoms with Gasteiger partial charge in [-0.2, -0.15) is 0 Å². The second-order valence-electron chi connectivity index (χ2n) is 9.84. The van der Waals surface area contributed by atoms with E-state index in [-0.39, 0.29) is 43.2 Å². The third-order valence-corrected chi connectivity index (χ3v) is 6.73. The van der Waals surface area contributed by atoms with Crippen molar-refractivity contribution in [3.8, 4) is 12.3 Å². The van der Waals surface area contributed by atoms with Crippen LogP contribution in [-0.4, -0.2) is 70.0 Å². The lowest BCUT2D eigenvalue weighted by Crippen LogP contribution is -2.76. The van der Waals surface area contributed by atoms with E-state index in [9.17, 15) is 18.8 Å². The van der Waals surface area contributed by atoms with E-state index in [0.29, 0.717) is 6.42 Å². The van der Waals surface area contributed by atoms with Crippen LogP contribution in [0.5, 0.6) is 0 Å². The second-order valence-corrected chi connectivity index (χ2v) is 9.84. The van der Waals surface area contributed by atoms with Crippen LogP contribution in [0.3, 0.4) is 0 Å². The normalized spacial score (nSPS) is 21.0. The summed E-state index contributed by atoms with van der Waals surface area (Å²) in [6, 6.07) is 13.4. The molecule has 0 radical (unpaired) electrons. The fraction of sp³-hybridized carbons (Fsp3) is 0.393. The highest BCUT2D eigenvalue weighted by Crippen LogP contribution is 2.33. The van der Waals surface area contributed by atoms with Crippen LogP contribution < -0.4 is 5.32 Å². The van der Waals surface area contributed by atoms with Crippen LogP contribution in [0.15, 0.2) is 54.6 Å². The smallest absolute Gasteiger partial charge is 0.333 e. The van der Waals surface area contributed by atoms with Gasteiger partial charge in [0.2, 0.25) is 11.8 Å². The van der Waals surface area contributed by atoms with Crippen molar-refractivity contribution in [1.29, 1.82) is 0 Å². The quantitative estimate of drug-likeness (QED) is 0.613. The molecule has 37 heavy (non-hydrogen) atoms. The van der Waals surface area contributed by atoms with E-state index in [0.717, 1.165) is 11.1 Å². The van der Waals surface area contributed by atoms with Gasteiger partial charge >= 0.3 is 6.03 Å². The van der Waals surface area contributed by atoms with E-state index in [1.807, 2.05) is 44.2 Å². The molecule has 2 aromatic rings. The van der Waals surface area contributed by atoms with Gasteiger partial charge in [0.05, 0.1) is 13.1 Å². The number of hydrogen-bond donors (Lipinski definition) is 1. The number of terminal acetylenes is 1. The van der Waals surface area contributed by atoms with E-state index in [1.165, 1.54) is 17.1 Å². The third kappa shape index (κ3) is 5.44. The zero-order valence-corrected chi connectivity index (χ0v) is 21.3. The molecule has 2 aromatic carbocycles. The van der Waals surface area contributed by atoms with E-state index in [2.05, 4.69) is 11.2 Å². The molecule has 8 nitrogen and oxygen atoms in total. The summed E-state index contributed by atoms with van der Waals surface area (Å²) in [5, 5.41) is 5.91. The number of rotatable bonds is 6. The maximum atomic E-state index is 13.8. The van der Waals surface area contributed by atoms with Crippen molar-refractivity contribution in [3.05, 3.63) is 71.5 Å². The van der Waals surface area contributed by atoms with E-state index in [4.69, 9.17) is 6.42 Å². The number of fused-ring (bicyclic) bond motifs is 1. The lowest BCUT2D eigenvalue weighted by Gasteiger charge is -2.55. The molecule has 0 saturated carbocycles. The number of piperazine rings is 1. The molecule has 4 amide bonds. The van der Waals surface area contributed by atoms with E-state index in [1.54, 1.807) is 34.0 Å². The molecule has 0 aliphatic carbocycles. The van der Waals surface area contributed by atoms with Crippen LogP contribution in [0.4, 0.5) is 9.18 Å². The summed E-state index contributed by atoms with van der Waals surface area (Å²) in [5.74, 6) is 2.08. The lowest BCUT2D eigenvalue weighted by molar-refractivity contribution is -0.189. The molecule has 1 N–H and O–H groups in total. The number of halogens is 1. The fourth-order valence-corrected chi connectivity index (χ4v) is 5.03. The summed E-state index contributed by atoms with van der Waals surface area (Å²) in [6.45, 7) is 4.19. The summed E-state index contributed by atoms with van der Waals surface area (Å²) in [5.41, 5.74) is 1.52. The molecule has 3 atom stereocenters. The minimum absolute atomic E-state index is 0.0421. The van der Waals surface area contributed by atoms with Gasteiger partial charge in [0, 0.05) is 13.6 Å². The zero-order chi connectivity index (χ0) is 26.7. The number of urea groups is 1. The highest BCUT2D eigenvalue weighted by molar-refractivity contribution is 5.92. The number of nitrogens with zero attached hydrogens (tertiary/aromatic N) is 4. The number of carbonyl (C=O) groups is 3. The van der Waals surface area contributed by atoms with Crippen LogP contribution >= 0.6 is 0 Å². The number of carbonyl (C=O) groups excluding carboxylic acids is 3. The molecule has 2 aliphatic heterocycles. The van der Waals surface area contributed by atoms with Crippen molar-refractivity contribution in [1.82, 2.24) is 25.1 Å². The number of nitrogens with one attached hydrogen (secondary N) is 1. The molecule has 0 aromatic heterocycles. The molecular weight excluding hydrogens is 473 g/mol. The molecule has 0 bridgehead atoms. The molecule has 4 rings (SSSR count). The van der Waals surface area contributed by atoms with Crippen LogP contribution in [0.2, 0.25) is 0 Å². The Hall–Kier alpha value is -3.90. The van der Waals surface area contributed by atoms with Gasteiger partial charge in [-0.15, -0.1) is 6.42 Å². The Morgan fingerprint density at radius 3 is 2.43 bits per heavy atom. The van der Waals surface area contributed by atoms with Gasteiger partial charge < -0.3 is 15.1 Å². The number of hydrogen-bond acceptors (Lipinski definition) is 4. The zero-order valence-electron chi connectivity index (χ0n) is 21.3. The van der Waals surface area contributed by atoms with Crippen LogP contribution in [0.25, 0.3) is 0 Å². The maximum Gasteiger partial charge on any atom is 0.334 e. The summed E-state index contributed by atoms with van der Waals surface area (Å²) < 4.78 is 13.3. The standard InChI is InChI=1S/C28H32FN5O3/c1-5-23(21-9-7-6-8-10-21)32-17-25-33(24(27(32)36)15-19(2)3)26(35)18-31(4)34(25)28(37)30-16-20-11-13-22(29)14-12-20/h1,6-14,19,23-25H,15-18H2,2-4H3,(H,30,37)/t23?,24-,25-/m0/s1. The summed E-state index contributed by atoms with van der Waals surface area (Å²) in [4.78, 5) is 43.7. The first kappa shape index (κ1) is 26.2. The number of benzene rings is 2. The van der Waals surface area contributed by atoms with Crippen molar-refractivity contribution in [3.63, 3.8) is 0 Å². The minimum Gasteiger partial charge on any atom is -0.333 e. The van der Waals surface area contributed by atoms with Crippen LogP contribution in [-0.2, 0) is 16.1 Å². The van der Waals surface area contributed by atoms with Gasteiger partial charge in [-0.1, -0.05) is 62.2 Å². The Morgan fingerprint density at radius 1 is 1.14 bits per heavy atom. The summed E-state index contributed by atoms with van der Waals surface area (Å²) in [6.07, 6.45) is 5.64. The predicted molar refractivity (Wildman–Crippen MR) is 137 cm³/mol. The first-order valence-electron chi connectivity index (χ1n) is 12.4. The van der Waals surface area contributed by atoms with Gasteiger partial charge in [0.15, 0.2) is 0 Å². The Morgan fingerprint density at radius 2 is 1.81 bits per heavy atom. The average molecular weight is 506 g/mol. The lowest BCUT2D eigenvalue weighted by atomic mass is 9.95. The van der Waals surface area contributed by atoms with Crippen molar-refractivity contribution < 1.29 is 18.8 Å². The number of hydrazine groups is 1. The Balaban J connectivity index is 1.66. The largest absolute Gasteiger partial charge is 0.334 e. The van der Waals surface area contributed by atoms with Crippen molar-refractivity contribution in [2.24, 2.45) is 5.92 Å². The summed E-state index contributed by atoms with van der Waals surface area (Å²) in [7, 11) is 1.67. The predicted octanol–water partition coefficient (Wildman–Crippen LogP) is 2.98. The summed E-state index contributed by atoms with van der Waals surface area (Å²) >= 11 is 0. The molecule has 194 valence electrons. The molecule has 1 unspecified atom stereocenters. The Bertz CT molecular complexity index is 1180. The highest BCUT2D eigenvalue weighted by Gasteiger charge is 2.51. The molecule has 9 heteroatoms. The van der Waals surface area contributed by atoms with Crippen molar-refractivity contribution >= 4 is 17.8 Å². The van der Waals surface area contributed by atoms with E-state index < -0.39 is 24.3 Å². The highest BCUT2D eigenvalue weighted by atomic mass is 19.1. The van der Waals surface area contributed by atoms with Gasteiger partial charge in [0.1, 0.15) is 24.1 Å². The molecule has 2 fully saturated rings. The first-order valence-corrected chi connectivity index (χ1v) is 12.4. The van der Waals surface area contributed by atoms with Gasteiger partial charge in [-0.3, -0.25) is 9.59 Å². The van der Waals surface area contributed by atoms with Crippen molar-refractivity contribution in [2.75, 3.05) is 20.1 Å². The second kappa shape index (κ2) is 11.0. The fourth-order valence-electron chi connectivity index (χ4n) is 5.03. The molecule has 0 spiro atoms. The number of likely N-dealkylation sites (N-methyl/N-ethyl adjacent to an activating group) is 1. The minimum atomic E-state index is -0.744. The molecule has 2 aliphatic rings. The van der Waals surface area contributed by atoms with Crippen LogP contribution in [0.1, 0.15) is 37.4 Å². The molecule has 2 heterocycles.